The lowest BCUT2D eigenvalue weighted by Gasteiger charge is -2.10. The molecule has 15 heavy (non-hydrogen) atoms. The molecule has 2 rings (SSSR count). The second-order valence-electron chi connectivity index (χ2n) is 3.61. The maximum absolute atomic E-state index is 11.3. The Balaban J connectivity index is 1.84. The number of pyridine rings is 1. The normalized spacial score (nSPS) is 14.4. The molecule has 1 aromatic heterocycles. The number of carbonyl (C=O) groups excluding carboxylic acids is 1. The van der Waals surface area contributed by atoms with Crippen LogP contribution in [0.5, 0.6) is 0 Å². The van der Waals surface area contributed by atoms with Crippen LogP contribution in [0.25, 0.3) is 5.70 Å². The second-order valence-corrected chi connectivity index (χ2v) is 3.61. The van der Waals surface area contributed by atoms with Gasteiger partial charge in [0.2, 0.25) is 5.91 Å². The summed E-state index contributed by atoms with van der Waals surface area (Å²) in [6.07, 6.45) is 5.37. The molecule has 4 heteroatoms. The zero-order valence-electron chi connectivity index (χ0n) is 8.36. The van der Waals surface area contributed by atoms with Crippen molar-refractivity contribution in [2.45, 2.75) is 12.8 Å². The number of amides is 1. The van der Waals surface area contributed by atoms with Crippen LogP contribution in [0.4, 0.5) is 0 Å². The van der Waals surface area contributed by atoms with Crippen molar-refractivity contribution in [2.75, 3.05) is 0 Å². The van der Waals surface area contributed by atoms with Crippen LogP contribution in [0.2, 0.25) is 0 Å². The average molecular weight is 203 g/mol. The quantitative estimate of drug-likeness (QED) is 0.720. The number of nitrogens with one attached hydrogen (secondary N) is 2. The van der Waals surface area contributed by atoms with E-state index in [0.717, 1.165) is 18.4 Å². The molecule has 1 fully saturated rings. The number of hydrogen-bond acceptors (Lipinski definition) is 3. The van der Waals surface area contributed by atoms with Gasteiger partial charge in [-0.2, -0.15) is 0 Å². The lowest BCUT2D eigenvalue weighted by Crippen LogP contribution is -2.36. The van der Waals surface area contributed by atoms with Crippen molar-refractivity contribution in [1.82, 2.24) is 15.8 Å². The van der Waals surface area contributed by atoms with Crippen molar-refractivity contribution in [3.63, 3.8) is 0 Å². The summed E-state index contributed by atoms with van der Waals surface area (Å²) >= 11 is 0. The minimum atomic E-state index is 0.0417. The van der Waals surface area contributed by atoms with Crippen molar-refractivity contribution >= 4 is 11.6 Å². The van der Waals surface area contributed by atoms with E-state index >= 15 is 0 Å². The standard InChI is InChI=1S/C11H13N3O/c1-8(10-3-2-6-12-7-10)13-14-11(15)9-4-5-9/h2-3,6-7,9,13H,1,4-5H2,(H,14,15). The molecule has 1 aliphatic rings. The largest absolute Gasteiger partial charge is 0.299 e. The van der Waals surface area contributed by atoms with E-state index in [0.29, 0.717) is 5.70 Å². The highest BCUT2D eigenvalue weighted by molar-refractivity contribution is 5.81. The van der Waals surface area contributed by atoms with Gasteiger partial charge in [0.1, 0.15) is 0 Å². The summed E-state index contributed by atoms with van der Waals surface area (Å²) in [5, 5.41) is 0. The predicted octanol–water partition coefficient (Wildman–Crippen LogP) is 1.08. The van der Waals surface area contributed by atoms with Gasteiger partial charge in [-0.3, -0.25) is 20.6 Å². The number of hydrogen-bond donors (Lipinski definition) is 2. The van der Waals surface area contributed by atoms with Crippen molar-refractivity contribution < 1.29 is 4.79 Å². The number of rotatable bonds is 4. The smallest absolute Gasteiger partial charge is 0.241 e. The summed E-state index contributed by atoms with van der Waals surface area (Å²) < 4.78 is 0. The van der Waals surface area contributed by atoms with Crippen LogP contribution in [-0.4, -0.2) is 10.9 Å². The van der Waals surface area contributed by atoms with Crippen molar-refractivity contribution in [1.29, 1.82) is 0 Å². The Morgan fingerprint density at radius 2 is 2.27 bits per heavy atom. The summed E-state index contributed by atoms with van der Waals surface area (Å²) in [5.41, 5.74) is 6.93. The van der Waals surface area contributed by atoms with E-state index in [9.17, 15) is 4.79 Å². The molecule has 0 atom stereocenters. The monoisotopic (exact) mass is 203 g/mol. The molecular formula is C11H13N3O. The molecule has 1 amide bonds. The third-order valence-electron chi connectivity index (χ3n) is 2.29. The Morgan fingerprint density at radius 3 is 2.87 bits per heavy atom. The fourth-order valence-corrected chi connectivity index (χ4v) is 1.20. The Bertz CT molecular complexity index is 371. The lowest BCUT2D eigenvalue weighted by atomic mass is 10.2. The Morgan fingerprint density at radius 1 is 1.47 bits per heavy atom. The molecule has 1 aliphatic carbocycles. The topological polar surface area (TPSA) is 54.0 Å². The maximum atomic E-state index is 11.3. The van der Waals surface area contributed by atoms with Crippen LogP contribution < -0.4 is 10.9 Å². The number of aromatic nitrogens is 1. The molecule has 1 aromatic rings. The molecule has 0 spiro atoms. The molecule has 1 saturated carbocycles. The number of nitrogens with zero attached hydrogens (tertiary/aromatic N) is 1. The van der Waals surface area contributed by atoms with Crippen LogP contribution in [-0.2, 0) is 4.79 Å². The minimum absolute atomic E-state index is 0.0417. The molecule has 0 radical (unpaired) electrons. The fraction of sp³-hybridized carbons (Fsp3) is 0.273. The van der Waals surface area contributed by atoms with Gasteiger partial charge in [0.25, 0.3) is 0 Å². The first-order valence-electron chi connectivity index (χ1n) is 4.92. The van der Waals surface area contributed by atoms with E-state index in [1.807, 2.05) is 12.1 Å². The highest BCUT2D eigenvalue weighted by Gasteiger charge is 2.29. The molecular weight excluding hydrogens is 190 g/mol. The summed E-state index contributed by atoms with van der Waals surface area (Å²) in [4.78, 5) is 15.3. The van der Waals surface area contributed by atoms with Gasteiger partial charge in [-0.25, -0.2) is 0 Å². The first-order chi connectivity index (χ1) is 7.27. The molecule has 0 saturated heterocycles. The third kappa shape index (κ3) is 2.56. The van der Waals surface area contributed by atoms with Gasteiger partial charge in [0.05, 0.1) is 5.70 Å². The summed E-state index contributed by atoms with van der Waals surface area (Å²) in [6, 6.07) is 3.70. The van der Waals surface area contributed by atoms with E-state index in [-0.39, 0.29) is 11.8 Å². The van der Waals surface area contributed by atoms with Crippen LogP contribution >= 0.6 is 0 Å². The first kappa shape index (κ1) is 9.71. The molecule has 2 N–H and O–H groups in total. The fourth-order valence-electron chi connectivity index (χ4n) is 1.20. The molecule has 4 nitrogen and oxygen atoms in total. The van der Waals surface area contributed by atoms with Crippen molar-refractivity contribution in [3.8, 4) is 0 Å². The zero-order valence-corrected chi connectivity index (χ0v) is 8.36. The van der Waals surface area contributed by atoms with Crippen molar-refractivity contribution in [3.05, 3.63) is 36.7 Å². The van der Waals surface area contributed by atoms with Gasteiger partial charge in [-0.05, 0) is 25.0 Å². The predicted molar refractivity (Wildman–Crippen MR) is 57.3 cm³/mol. The lowest BCUT2D eigenvalue weighted by molar-refractivity contribution is -0.122. The summed E-state index contributed by atoms with van der Waals surface area (Å²) in [6.45, 7) is 3.81. The molecule has 78 valence electrons. The number of hydrazine groups is 1. The summed E-state index contributed by atoms with van der Waals surface area (Å²) in [7, 11) is 0. The highest BCUT2D eigenvalue weighted by Crippen LogP contribution is 2.28. The van der Waals surface area contributed by atoms with Gasteiger partial charge in [-0.1, -0.05) is 6.58 Å². The van der Waals surface area contributed by atoms with Crippen LogP contribution in [0, 0.1) is 5.92 Å². The minimum Gasteiger partial charge on any atom is -0.299 e. The molecule has 0 aliphatic heterocycles. The van der Waals surface area contributed by atoms with Crippen LogP contribution in [0.1, 0.15) is 18.4 Å². The first-order valence-corrected chi connectivity index (χ1v) is 4.92. The highest BCUT2D eigenvalue weighted by atomic mass is 16.2. The Kier molecular flexibility index (Phi) is 2.67. The molecule has 0 unspecified atom stereocenters. The second kappa shape index (κ2) is 4.13. The summed E-state index contributed by atoms with van der Waals surface area (Å²) in [5.74, 6) is 0.235. The Labute approximate surface area is 88.4 Å². The van der Waals surface area contributed by atoms with Crippen molar-refractivity contribution in [2.24, 2.45) is 5.92 Å². The van der Waals surface area contributed by atoms with E-state index < -0.39 is 0 Å². The Hall–Kier alpha value is -1.84. The van der Waals surface area contributed by atoms with Gasteiger partial charge >= 0.3 is 0 Å². The van der Waals surface area contributed by atoms with E-state index in [2.05, 4.69) is 22.4 Å². The zero-order chi connectivity index (χ0) is 10.7. The molecule has 0 aromatic carbocycles. The van der Waals surface area contributed by atoms with Crippen LogP contribution in [0.15, 0.2) is 31.1 Å². The van der Waals surface area contributed by atoms with E-state index in [4.69, 9.17) is 0 Å². The van der Waals surface area contributed by atoms with E-state index in [1.165, 1.54) is 0 Å². The van der Waals surface area contributed by atoms with Gasteiger partial charge in [0, 0.05) is 23.9 Å². The maximum Gasteiger partial charge on any atom is 0.241 e. The van der Waals surface area contributed by atoms with E-state index in [1.54, 1.807) is 12.4 Å². The van der Waals surface area contributed by atoms with Gasteiger partial charge in [-0.15, -0.1) is 0 Å². The number of carbonyl (C=O) groups is 1. The third-order valence-corrected chi connectivity index (χ3v) is 2.29. The SMILES string of the molecule is C=C(NNC(=O)C1CC1)c1cccnc1. The average Bonchev–Trinajstić information content (AvgIpc) is 3.10. The molecule has 1 heterocycles. The van der Waals surface area contributed by atoms with Gasteiger partial charge < -0.3 is 0 Å². The van der Waals surface area contributed by atoms with Gasteiger partial charge in [0.15, 0.2) is 0 Å². The molecule has 0 bridgehead atoms. The van der Waals surface area contributed by atoms with Crippen LogP contribution in [0.3, 0.4) is 0 Å².